The first-order valence-corrected chi connectivity index (χ1v) is 6.59. The van der Waals surface area contributed by atoms with E-state index < -0.39 is 30.3 Å². The van der Waals surface area contributed by atoms with Crippen LogP contribution >= 0.6 is 0 Å². The van der Waals surface area contributed by atoms with Gasteiger partial charge in [0.2, 0.25) is 0 Å². The van der Waals surface area contributed by atoms with Crippen LogP contribution in [0.3, 0.4) is 0 Å². The second-order valence-electron chi connectivity index (χ2n) is 4.59. The molecule has 0 unspecified atom stereocenters. The third kappa shape index (κ3) is 4.54. The quantitative estimate of drug-likeness (QED) is 0.764. The van der Waals surface area contributed by atoms with E-state index in [1.807, 2.05) is 0 Å². The number of hydrogen-bond donors (Lipinski definition) is 0. The summed E-state index contributed by atoms with van der Waals surface area (Å²) in [6, 6.07) is 3.48. The Morgan fingerprint density at radius 1 is 1.25 bits per heavy atom. The fraction of sp³-hybridized carbons (Fsp3) is 0.286. The molecular formula is C14H12F3N3O4. The molecule has 7 nitrogen and oxygen atoms in total. The lowest BCUT2D eigenvalue weighted by molar-refractivity contribution is -0.155. The number of alkyl halides is 3. The van der Waals surface area contributed by atoms with E-state index in [1.54, 1.807) is 0 Å². The lowest BCUT2D eigenvalue weighted by atomic mass is 10.2. The number of ether oxygens (including phenoxy) is 2. The van der Waals surface area contributed by atoms with Crippen LogP contribution in [0.15, 0.2) is 35.4 Å². The highest BCUT2D eigenvalue weighted by Crippen LogP contribution is 2.16. The molecule has 0 radical (unpaired) electrons. The number of aromatic nitrogens is 3. The van der Waals surface area contributed by atoms with E-state index in [-0.39, 0.29) is 12.1 Å². The van der Waals surface area contributed by atoms with E-state index in [0.29, 0.717) is 5.69 Å². The molecule has 0 aliphatic rings. The van der Waals surface area contributed by atoms with Gasteiger partial charge in [0.15, 0.2) is 6.61 Å². The minimum atomic E-state index is -4.56. The number of hydrogen-bond acceptors (Lipinski definition) is 6. The summed E-state index contributed by atoms with van der Waals surface area (Å²) in [7, 11) is 1.22. The van der Waals surface area contributed by atoms with Crippen molar-refractivity contribution in [1.82, 2.24) is 14.5 Å². The van der Waals surface area contributed by atoms with Crippen molar-refractivity contribution in [1.29, 1.82) is 0 Å². The molecule has 10 heteroatoms. The summed E-state index contributed by atoms with van der Waals surface area (Å²) in [6.07, 6.45) is -2.27. The number of methoxy groups -OCH3 is 1. The first-order chi connectivity index (χ1) is 11.3. The third-order valence-electron chi connectivity index (χ3n) is 2.83. The first-order valence-electron chi connectivity index (χ1n) is 6.59. The van der Waals surface area contributed by atoms with Gasteiger partial charge in [0.1, 0.15) is 0 Å². The van der Waals surface area contributed by atoms with Gasteiger partial charge in [0.25, 0.3) is 11.6 Å². The van der Waals surface area contributed by atoms with Crippen LogP contribution in [0.5, 0.6) is 6.01 Å². The summed E-state index contributed by atoms with van der Waals surface area (Å²) < 4.78 is 46.8. The summed E-state index contributed by atoms with van der Waals surface area (Å²) in [4.78, 5) is 30.8. The number of nitrogens with zero attached hydrogens (tertiary/aromatic N) is 3. The summed E-state index contributed by atoms with van der Waals surface area (Å²) in [5.74, 6) is -0.582. The van der Waals surface area contributed by atoms with Crippen LogP contribution in [0.25, 0.3) is 0 Å². The van der Waals surface area contributed by atoms with E-state index in [0.717, 1.165) is 16.8 Å². The van der Waals surface area contributed by atoms with Gasteiger partial charge in [-0.15, -0.1) is 0 Å². The van der Waals surface area contributed by atoms with Crippen LogP contribution in [-0.4, -0.2) is 40.4 Å². The van der Waals surface area contributed by atoms with Gasteiger partial charge in [-0.2, -0.15) is 13.2 Å². The molecule has 0 spiro atoms. The monoisotopic (exact) mass is 343 g/mol. The van der Waals surface area contributed by atoms with Gasteiger partial charge in [-0.05, 0) is 12.1 Å². The van der Waals surface area contributed by atoms with Gasteiger partial charge in [-0.1, -0.05) is 0 Å². The Balaban J connectivity index is 2.22. The van der Waals surface area contributed by atoms with Gasteiger partial charge in [-0.25, -0.2) is 9.78 Å². The van der Waals surface area contributed by atoms with Gasteiger partial charge in [0, 0.05) is 18.5 Å². The first kappa shape index (κ1) is 17.4. The molecule has 0 aliphatic heterocycles. The second-order valence-corrected chi connectivity index (χ2v) is 4.59. The van der Waals surface area contributed by atoms with E-state index in [2.05, 4.69) is 19.4 Å². The van der Waals surface area contributed by atoms with Crippen molar-refractivity contribution in [3.05, 3.63) is 52.2 Å². The SMILES string of the molecule is COC(=O)c1ccc(Cn2c(OCC(F)(F)F)nccc2=O)nc1. The molecule has 0 saturated heterocycles. The smallest absolute Gasteiger partial charge is 0.422 e. The largest absolute Gasteiger partial charge is 0.465 e. The predicted molar refractivity (Wildman–Crippen MR) is 74.7 cm³/mol. The Hall–Kier alpha value is -2.91. The van der Waals surface area contributed by atoms with E-state index >= 15 is 0 Å². The Bertz CT molecular complexity index is 772. The fourth-order valence-electron chi connectivity index (χ4n) is 1.74. The molecule has 0 N–H and O–H groups in total. The van der Waals surface area contributed by atoms with Crippen molar-refractivity contribution >= 4 is 5.97 Å². The van der Waals surface area contributed by atoms with E-state index in [1.165, 1.54) is 25.4 Å². The molecule has 0 saturated carbocycles. The van der Waals surface area contributed by atoms with Crippen LogP contribution in [0.1, 0.15) is 16.1 Å². The van der Waals surface area contributed by atoms with Gasteiger partial charge < -0.3 is 9.47 Å². The molecule has 0 fully saturated rings. The fourth-order valence-corrected chi connectivity index (χ4v) is 1.74. The third-order valence-corrected chi connectivity index (χ3v) is 2.83. The highest BCUT2D eigenvalue weighted by molar-refractivity contribution is 5.88. The highest BCUT2D eigenvalue weighted by atomic mass is 19.4. The summed E-state index contributed by atoms with van der Waals surface area (Å²) in [5.41, 5.74) is -0.0658. The molecular weight excluding hydrogens is 331 g/mol. The van der Waals surface area contributed by atoms with Crippen LogP contribution < -0.4 is 10.3 Å². The number of carbonyl (C=O) groups excluding carboxylic acids is 1. The number of pyridine rings is 1. The zero-order chi connectivity index (χ0) is 17.7. The van der Waals surface area contributed by atoms with Crippen LogP contribution in [0, 0.1) is 0 Å². The van der Waals surface area contributed by atoms with Gasteiger partial charge >= 0.3 is 12.1 Å². The average molecular weight is 343 g/mol. The molecule has 2 heterocycles. The number of carbonyl (C=O) groups is 1. The van der Waals surface area contributed by atoms with Gasteiger partial charge in [-0.3, -0.25) is 14.3 Å². The highest BCUT2D eigenvalue weighted by Gasteiger charge is 2.29. The van der Waals surface area contributed by atoms with E-state index in [4.69, 9.17) is 0 Å². The Kier molecular flexibility index (Phi) is 5.17. The molecule has 2 aromatic heterocycles. The lowest BCUT2D eigenvalue weighted by Gasteiger charge is -2.13. The Morgan fingerprint density at radius 2 is 2.00 bits per heavy atom. The molecule has 0 bridgehead atoms. The van der Waals surface area contributed by atoms with Crippen LogP contribution in [0.4, 0.5) is 13.2 Å². The van der Waals surface area contributed by atoms with Crippen LogP contribution in [0.2, 0.25) is 0 Å². The van der Waals surface area contributed by atoms with Crippen molar-refractivity contribution in [2.45, 2.75) is 12.7 Å². The number of rotatable bonds is 5. The van der Waals surface area contributed by atoms with Crippen LogP contribution in [-0.2, 0) is 11.3 Å². The predicted octanol–water partition coefficient (Wildman–Crippen LogP) is 1.41. The molecule has 128 valence electrons. The number of halogens is 3. The van der Waals surface area contributed by atoms with E-state index in [9.17, 15) is 22.8 Å². The zero-order valence-corrected chi connectivity index (χ0v) is 12.4. The minimum absolute atomic E-state index is 0.165. The Morgan fingerprint density at radius 3 is 2.58 bits per heavy atom. The molecule has 0 aromatic carbocycles. The van der Waals surface area contributed by atoms with Crippen molar-refractivity contribution in [3.8, 4) is 6.01 Å². The summed E-state index contributed by atoms with van der Waals surface area (Å²) >= 11 is 0. The maximum atomic E-state index is 12.3. The van der Waals surface area contributed by atoms with Crippen molar-refractivity contribution in [3.63, 3.8) is 0 Å². The molecule has 0 aliphatic carbocycles. The zero-order valence-electron chi connectivity index (χ0n) is 12.4. The van der Waals surface area contributed by atoms with Gasteiger partial charge in [0.05, 0.1) is 24.9 Å². The average Bonchev–Trinajstić information content (AvgIpc) is 2.54. The lowest BCUT2D eigenvalue weighted by Crippen LogP contribution is -2.27. The topological polar surface area (TPSA) is 83.3 Å². The maximum Gasteiger partial charge on any atom is 0.422 e. The minimum Gasteiger partial charge on any atom is -0.465 e. The van der Waals surface area contributed by atoms with Crippen molar-refractivity contribution < 1.29 is 27.4 Å². The van der Waals surface area contributed by atoms with Crippen molar-refractivity contribution in [2.24, 2.45) is 0 Å². The second kappa shape index (κ2) is 7.11. The number of esters is 1. The molecule has 0 amide bonds. The molecule has 2 aromatic rings. The maximum absolute atomic E-state index is 12.3. The Labute approximate surface area is 133 Å². The molecule has 2 rings (SSSR count). The molecule has 24 heavy (non-hydrogen) atoms. The van der Waals surface area contributed by atoms with Crippen molar-refractivity contribution in [2.75, 3.05) is 13.7 Å². The molecule has 0 atom stereocenters. The normalized spacial score (nSPS) is 11.2. The standard InChI is InChI=1S/C14H12F3N3O4/c1-23-12(22)9-2-3-10(19-6-9)7-20-11(21)4-5-18-13(20)24-8-14(15,16)17/h2-6H,7-8H2,1H3. The summed E-state index contributed by atoms with van der Waals surface area (Å²) in [5, 5.41) is 0. The summed E-state index contributed by atoms with van der Waals surface area (Å²) in [6.45, 7) is -1.74.